The molecule has 1 aliphatic rings. The van der Waals surface area contributed by atoms with Crippen LogP contribution in [0.15, 0.2) is 64.4 Å². The SMILES string of the molecule is O=S(=O)(NC[C@H](c1ccsc1)N1CCC1)c1ccc(-n2cccn2)cc1. The van der Waals surface area contributed by atoms with Crippen molar-refractivity contribution in [1.29, 1.82) is 0 Å². The van der Waals surface area contributed by atoms with Gasteiger partial charge in [0.05, 0.1) is 10.6 Å². The molecule has 4 rings (SSSR count). The van der Waals surface area contributed by atoms with E-state index in [1.165, 1.54) is 12.0 Å². The Morgan fingerprint density at radius 3 is 2.58 bits per heavy atom. The second-order valence-electron chi connectivity index (χ2n) is 6.26. The van der Waals surface area contributed by atoms with Gasteiger partial charge >= 0.3 is 0 Å². The predicted molar refractivity (Wildman–Crippen MR) is 102 cm³/mol. The Balaban J connectivity index is 1.48. The molecule has 3 heterocycles. The Labute approximate surface area is 157 Å². The maximum absolute atomic E-state index is 12.7. The summed E-state index contributed by atoms with van der Waals surface area (Å²) in [7, 11) is -3.55. The van der Waals surface area contributed by atoms with Crippen molar-refractivity contribution in [2.75, 3.05) is 19.6 Å². The average Bonchev–Trinajstić information content (AvgIpc) is 3.30. The number of likely N-dealkylation sites (tertiary alicyclic amines) is 1. The molecule has 0 bridgehead atoms. The van der Waals surface area contributed by atoms with E-state index in [2.05, 4.69) is 26.2 Å². The summed E-state index contributed by atoms with van der Waals surface area (Å²) in [4.78, 5) is 2.58. The number of hydrogen-bond donors (Lipinski definition) is 1. The predicted octanol–water partition coefficient (Wildman–Crippen LogP) is 2.66. The molecule has 0 amide bonds. The molecule has 1 N–H and O–H groups in total. The summed E-state index contributed by atoms with van der Waals surface area (Å²) in [5, 5.41) is 8.27. The first kappa shape index (κ1) is 17.4. The molecule has 0 unspecified atom stereocenters. The maximum atomic E-state index is 12.7. The number of benzene rings is 1. The van der Waals surface area contributed by atoms with Gasteiger partial charge in [0.2, 0.25) is 10.0 Å². The van der Waals surface area contributed by atoms with Gasteiger partial charge in [0.15, 0.2) is 0 Å². The van der Waals surface area contributed by atoms with Crippen molar-refractivity contribution in [2.45, 2.75) is 17.4 Å². The smallest absolute Gasteiger partial charge is 0.240 e. The summed E-state index contributed by atoms with van der Waals surface area (Å²) in [6.45, 7) is 2.40. The lowest BCUT2D eigenvalue weighted by molar-refractivity contribution is 0.120. The van der Waals surface area contributed by atoms with Crippen LogP contribution in [0.2, 0.25) is 0 Å². The molecule has 3 aromatic rings. The number of thiophene rings is 1. The zero-order valence-corrected chi connectivity index (χ0v) is 15.8. The van der Waals surface area contributed by atoms with Crippen LogP contribution in [0.25, 0.3) is 5.69 Å². The van der Waals surface area contributed by atoms with Crippen LogP contribution in [0.4, 0.5) is 0 Å². The van der Waals surface area contributed by atoms with Gasteiger partial charge in [-0.3, -0.25) is 4.90 Å². The monoisotopic (exact) mass is 388 g/mol. The molecule has 136 valence electrons. The third kappa shape index (κ3) is 3.59. The highest BCUT2D eigenvalue weighted by molar-refractivity contribution is 7.89. The molecule has 0 saturated carbocycles. The summed E-state index contributed by atoms with van der Waals surface area (Å²) in [5.41, 5.74) is 2.00. The van der Waals surface area contributed by atoms with Gasteiger partial charge in [0.1, 0.15) is 0 Å². The lowest BCUT2D eigenvalue weighted by atomic mass is 10.1. The van der Waals surface area contributed by atoms with E-state index in [0.29, 0.717) is 6.54 Å². The fourth-order valence-electron chi connectivity index (χ4n) is 3.05. The second-order valence-corrected chi connectivity index (χ2v) is 8.81. The first-order valence-corrected chi connectivity index (χ1v) is 10.9. The third-order valence-corrected chi connectivity index (χ3v) is 6.78. The number of hydrogen-bond acceptors (Lipinski definition) is 5. The second kappa shape index (κ2) is 7.32. The van der Waals surface area contributed by atoms with Crippen LogP contribution in [0.5, 0.6) is 0 Å². The molecule has 1 fully saturated rings. The summed E-state index contributed by atoms with van der Waals surface area (Å²) in [6, 6.07) is 10.7. The highest BCUT2D eigenvalue weighted by Crippen LogP contribution is 2.27. The van der Waals surface area contributed by atoms with E-state index < -0.39 is 10.0 Å². The Hall–Kier alpha value is -2.00. The van der Waals surface area contributed by atoms with Crippen LogP contribution in [0.3, 0.4) is 0 Å². The summed E-state index contributed by atoms with van der Waals surface area (Å²) < 4.78 is 29.8. The van der Waals surface area contributed by atoms with Crippen molar-refractivity contribution in [2.24, 2.45) is 0 Å². The third-order valence-electron chi connectivity index (χ3n) is 4.64. The van der Waals surface area contributed by atoms with Crippen molar-refractivity contribution in [3.8, 4) is 5.69 Å². The molecular formula is C18H20N4O2S2. The largest absolute Gasteiger partial charge is 0.295 e. The van der Waals surface area contributed by atoms with Crippen molar-refractivity contribution in [3.63, 3.8) is 0 Å². The maximum Gasteiger partial charge on any atom is 0.240 e. The Morgan fingerprint density at radius 1 is 1.19 bits per heavy atom. The summed E-state index contributed by atoms with van der Waals surface area (Å²) in [6.07, 6.45) is 4.68. The van der Waals surface area contributed by atoms with Crippen LogP contribution >= 0.6 is 11.3 Å². The van der Waals surface area contributed by atoms with Gasteiger partial charge in [0.25, 0.3) is 0 Å². The fourth-order valence-corrected chi connectivity index (χ4v) is 4.79. The fraction of sp³-hybridized carbons (Fsp3) is 0.278. The van der Waals surface area contributed by atoms with Gasteiger partial charge in [-0.2, -0.15) is 16.4 Å². The highest BCUT2D eigenvalue weighted by atomic mass is 32.2. The van der Waals surface area contributed by atoms with Crippen LogP contribution < -0.4 is 4.72 Å². The molecule has 0 aliphatic carbocycles. The molecule has 2 aromatic heterocycles. The first-order valence-electron chi connectivity index (χ1n) is 8.49. The standard InChI is InChI=1S/C18H20N4O2S2/c23-26(24,17-5-3-16(4-6-17)22-11-1-8-19-22)20-13-18(21-9-2-10-21)15-7-12-25-14-15/h1,3-8,11-12,14,18,20H,2,9-10,13H2/t18-/m1/s1. The van der Waals surface area contributed by atoms with E-state index in [1.807, 2.05) is 17.6 Å². The highest BCUT2D eigenvalue weighted by Gasteiger charge is 2.27. The normalized spacial score (nSPS) is 16.3. The Morgan fingerprint density at radius 2 is 2.00 bits per heavy atom. The van der Waals surface area contributed by atoms with Crippen LogP contribution in [-0.4, -0.2) is 42.7 Å². The molecule has 8 heteroatoms. The number of rotatable bonds is 7. The lowest BCUT2D eigenvalue weighted by Crippen LogP contribution is -2.44. The number of aromatic nitrogens is 2. The van der Waals surface area contributed by atoms with E-state index >= 15 is 0 Å². The van der Waals surface area contributed by atoms with Gasteiger partial charge in [-0.15, -0.1) is 0 Å². The molecule has 1 atom stereocenters. The summed E-state index contributed by atoms with van der Waals surface area (Å²) in [5.74, 6) is 0. The Bertz CT molecular complexity index is 932. The van der Waals surface area contributed by atoms with Crippen molar-refractivity contribution in [3.05, 3.63) is 65.1 Å². The van der Waals surface area contributed by atoms with Crippen molar-refractivity contribution in [1.82, 2.24) is 19.4 Å². The van der Waals surface area contributed by atoms with Crippen LogP contribution in [-0.2, 0) is 10.0 Å². The minimum absolute atomic E-state index is 0.0909. The number of nitrogens with zero attached hydrogens (tertiary/aromatic N) is 3. The topological polar surface area (TPSA) is 67.2 Å². The van der Waals surface area contributed by atoms with E-state index in [0.717, 1.165) is 18.8 Å². The Kier molecular flexibility index (Phi) is 4.90. The molecule has 0 radical (unpaired) electrons. The first-order chi connectivity index (χ1) is 12.6. The molecule has 6 nitrogen and oxygen atoms in total. The molecule has 26 heavy (non-hydrogen) atoms. The minimum Gasteiger partial charge on any atom is -0.295 e. The molecule has 0 spiro atoms. The van der Waals surface area contributed by atoms with Gasteiger partial charge in [-0.25, -0.2) is 17.8 Å². The quantitative estimate of drug-likeness (QED) is 0.676. The van der Waals surface area contributed by atoms with E-state index in [4.69, 9.17) is 0 Å². The van der Waals surface area contributed by atoms with Crippen molar-refractivity contribution < 1.29 is 8.42 Å². The molecule has 1 aliphatic heterocycles. The van der Waals surface area contributed by atoms with Crippen LogP contribution in [0, 0.1) is 0 Å². The van der Waals surface area contributed by atoms with E-state index in [9.17, 15) is 8.42 Å². The molecular weight excluding hydrogens is 368 g/mol. The molecule has 1 aromatic carbocycles. The minimum atomic E-state index is -3.55. The van der Waals surface area contributed by atoms with Crippen LogP contribution in [0.1, 0.15) is 18.0 Å². The van der Waals surface area contributed by atoms with Gasteiger partial charge < -0.3 is 0 Å². The number of sulfonamides is 1. The van der Waals surface area contributed by atoms with Gasteiger partial charge in [-0.05, 0) is 59.1 Å². The zero-order chi connectivity index (χ0) is 18.0. The van der Waals surface area contributed by atoms with Gasteiger partial charge in [-0.1, -0.05) is 0 Å². The van der Waals surface area contributed by atoms with E-state index in [1.54, 1.807) is 46.5 Å². The number of nitrogens with one attached hydrogen (secondary N) is 1. The van der Waals surface area contributed by atoms with Crippen molar-refractivity contribution >= 4 is 21.4 Å². The zero-order valence-electron chi connectivity index (χ0n) is 14.2. The lowest BCUT2D eigenvalue weighted by Gasteiger charge is -2.38. The van der Waals surface area contributed by atoms with Gasteiger partial charge in [0, 0.05) is 38.1 Å². The molecule has 1 saturated heterocycles. The van der Waals surface area contributed by atoms with E-state index in [-0.39, 0.29) is 10.9 Å². The summed E-state index contributed by atoms with van der Waals surface area (Å²) >= 11 is 1.64. The average molecular weight is 389 g/mol.